The topological polar surface area (TPSA) is 68.8 Å². The first-order valence-corrected chi connectivity index (χ1v) is 9.80. The van der Waals surface area contributed by atoms with E-state index in [2.05, 4.69) is 26.8 Å². The highest BCUT2D eigenvalue weighted by Crippen LogP contribution is 2.31. The van der Waals surface area contributed by atoms with E-state index in [1.807, 2.05) is 33.8 Å². The van der Waals surface area contributed by atoms with Gasteiger partial charge in [-0.05, 0) is 75.0 Å². The predicted octanol–water partition coefficient (Wildman–Crippen LogP) is 3.71. The van der Waals surface area contributed by atoms with Crippen LogP contribution >= 0.6 is 15.9 Å². The molecule has 1 aliphatic rings. The van der Waals surface area contributed by atoms with Crippen LogP contribution in [-0.2, 0) is 9.47 Å². The van der Waals surface area contributed by atoms with Crippen LogP contribution in [0.4, 0.5) is 0 Å². The highest BCUT2D eigenvalue weighted by Gasteiger charge is 2.18. The third-order valence-electron chi connectivity index (χ3n) is 3.92. The fourth-order valence-electron chi connectivity index (χ4n) is 2.56. The monoisotopic (exact) mass is 428 g/mol. The number of ether oxygens (including phenoxy) is 3. The zero-order chi connectivity index (χ0) is 19.2. The summed E-state index contributed by atoms with van der Waals surface area (Å²) in [4.78, 5) is 12.4. The molecular formula is C19H29BrN2O4. The van der Waals surface area contributed by atoms with Crippen LogP contribution in [0.15, 0.2) is 16.6 Å². The molecule has 7 heteroatoms. The molecule has 1 amide bonds. The second kappa shape index (κ2) is 9.69. The molecule has 1 saturated heterocycles. The summed E-state index contributed by atoms with van der Waals surface area (Å²) in [5.41, 5.74) is 6.85. The van der Waals surface area contributed by atoms with Gasteiger partial charge in [0.1, 0.15) is 12.4 Å². The Morgan fingerprint density at radius 3 is 2.73 bits per heavy atom. The van der Waals surface area contributed by atoms with E-state index in [0.717, 1.165) is 35.9 Å². The average molecular weight is 429 g/mol. The average Bonchev–Trinajstić information content (AvgIpc) is 2.59. The van der Waals surface area contributed by atoms with Gasteiger partial charge in [0, 0.05) is 23.3 Å². The molecule has 1 aromatic carbocycles. The van der Waals surface area contributed by atoms with Crippen molar-refractivity contribution in [1.29, 1.82) is 0 Å². The lowest BCUT2D eigenvalue weighted by Gasteiger charge is -2.23. The van der Waals surface area contributed by atoms with Gasteiger partial charge in [0.25, 0.3) is 5.91 Å². The van der Waals surface area contributed by atoms with Crippen LogP contribution in [0.5, 0.6) is 5.75 Å². The molecule has 2 rings (SSSR count). The minimum absolute atomic E-state index is 0.127. The van der Waals surface area contributed by atoms with Crippen molar-refractivity contribution in [3.05, 3.63) is 27.7 Å². The Hall–Kier alpha value is -1.15. The predicted molar refractivity (Wildman–Crippen MR) is 104 cm³/mol. The smallest absolute Gasteiger partial charge is 0.265 e. The number of nitrogens with one attached hydrogen (secondary N) is 2. The molecule has 26 heavy (non-hydrogen) atoms. The van der Waals surface area contributed by atoms with Gasteiger partial charge in [-0.25, -0.2) is 5.43 Å². The molecule has 6 nitrogen and oxygen atoms in total. The maximum atomic E-state index is 12.4. The lowest BCUT2D eigenvalue weighted by atomic mass is 10.1. The Bertz CT molecular complexity index is 610. The fraction of sp³-hybridized carbons (Fsp3) is 0.632. The van der Waals surface area contributed by atoms with Crippen molar-refractivity contribution >= 4 is 21.8 Å². The number of hydrazine groups is 1. The number of amides is 1. The van der Waals surface area contributed by atoms with Crippen LogP contribution in [0.1, 0.15) is 56.0 Å². The van der Waals surface area contributed by atoms with Crippen molar-refractivity contribution < 1.29 is 19.0 Å². The zero-order valence-electron chi connectivity index (χ0n) is 16.0. The summed E-state index contributed by atoms with van der Waals surface area (Å²) in [5.74, 6) is 0.461. The van der Waals surface area contributed by atoms with Crippen LogP contribution in [0, 0.1) is 6.92 Å². The van der Waals surface area contributed by atoms with Crippen LogP contribution in [0.25, 0.3) is 0 Å². The summed E-state index contributed by atoms with van der Waals surface area (Å²) >= 11 is 3.49. The Balaban J connectivity index is 1.92. The third-order valence-corrected chi connectivity index (χ3v) is 4.55. The van der Waals surface area contributed by atoms with Gasteiger partial charge in [-0.2, -0.15) is 0 Å². The van der Waals surface area contributed by atoms with Gasteiger partial charge in [0.2, 0.25) is 0 Å². The molecule has 1 heterocycles. The Kier molecular flexibility index (Phi) is 7.88. The number of carbonyl (C=O) groups excluding carboxylic acids is 1. The summed E-state index contributed by atoms with van der Waals surface area (Å²) in [6.07, 6.45) is 3.04. The number of halogens is 1. The third kappa shape index (κ3) is 6.54. The van der Waals surface area contributed by atoms with Gasteiger partial charge in [-0.3, -0.25) is 10.2 Å². The van der Waals surface area contributed by atoms with Crippen LogP contribution in [0.3, 0.4) is 0 Å². The summed E-state index contributed by atoms with van der Waals surface area (Å²) in [7, 11) is 0. The van der Waals surface area contributed by atoms with E-state index in [4.69, 9.17) is 14.2 Å². The van der Waals surface area contributed by atoms with E-state index in [0.29, 0.717) is 24.5 Å². The van der Waals surface area contributed by atoms with E-state index < -0.39 is 0 Å². The molecule has 1 aliphatic heterocycles. The normalized spacial score (nSPS) is 17.8. The van der Waals surface area contributed by atoms with Gasteiger partial charge >= 0.3 is 0 Å². The molecule has 0 aliphatic carbocycles. The minimum Gasteiger partial charge on any atom is -0.490 e. The highest BCUT2D eigenvalue weighted by atomic mass is 79.9. The summed E-state index contributed by atoms with van der Waals surface area (Å²) < 4.78 is 17.9. The largest absolute Gasteiger partial charge is 0.490 e. The first-order chi connectivity index (χ1) is 12.3. The van der Waals surface area contributed by atoms with Gasteiger partial charge in [0.05, 0.1) is 11.1 Å². The maximum Gasteiger partial charge on any atom is 0.265 e. The lowest BCUT2D eigenvalue weighted by Crippen LogP contribution is -2.48. The Morgan fingerprint density at radius 1 is 1.31 bits per heavy atom. The standard InChI is InChI=1S/C19H29BrN2O4/c1-13-14(18(23)21-22-19(2,3)4)8-9-15(20)17(13)26-12-11-25-16-7-5-6-10-24-16/h8-9,16,22H,5-7,10-12H2,1-4H3,(H,21,23). The quantitative estimate of drug-likeness (QED) is 0.511. The molecule has 0 saturated carbocycles. The van der Waals surface area contributed by atoms with Gasteiger partial charge in [-0.15, -0.1) is 0 Å². The van der Waals surface area contributed by atoms with Crippen LogP contribution in [-0.4, -0.2) is 37.6 Å². The number of hydrogen-bond donors (Lipinski definition) is 2. The van der Waals surface area contributed by atoms with Crippen molar-refractivity contribution in [3.63, 3.8) is 0 Å². The Morgan fingerprint density at radius 2 is 2.08 bits per heavy atom. The number of hydrogen-bond acceptors (Lipinski definition) is 5. The molecule has 1 fully saturated rings. The van der Waals surface area contributed by atoms with E-state index in [1.165, 1.54) is 0 Å². The molecule has 1 atom stereocenters. The van der Waals surface area contributed by atoms with Gasteiger partial charge in [0.15, 0.2) is 6.29 Å². The van der Waals surface area contributed by atoms with Gasteiger partial charge < -0.3 is 14.2 Å². The van der Waals surface area contributed by atoms with Crippen LogP contribution in [0.2, 0.25) is 0 Å². The molecule has 1 unspecified atom stereocenters. The molecule has 1 aromatic rings. The van der Waals surface area contributed by atoms with Crippen molar-refractivity contribution in [2.75, 3.05) is 19.8 Å². The van der Waals surface area contributed by atoms with E-state index in [1.54, 1.807) is 6.07 Å². The van der Waals surface area contributed by atoms with E-state index >= 15 is 0 Å². The van der Waals surface area contributed by atoms with Crippen molar-refractivity contribution in [3.8, 4) is 5.75 Å². The molecular weight excluding hydrogens is 400 g/mol. The van der Waals surface area contributed by atoms with Crippen molar-refractivity contribution in [2.45, 2.75) is 58.8 Å². The molecule has 0 spiro atoms. The lowest BCUT2D eigenvalue weighted by molar-refractivity contribution is -0.165. The van der Waals surface area contributed by atoms with E-state index in [-0.39, 0.29) is 17.7 Å². The van der Waals surface area contributed by atoms with E-state index in [9.17, 15) is 4.79 Å². The second-order valence-electron chi connectivity index (χ2n) is 7.39. The summed E-state index contributed by atoms with van der Waals surface area (Å²) in [6, 6.07) is 3.59. The molecule has 2 N–H and O–H groups in total. The molecule has 0 bridgehead atoms. The number of benzene rings is 1. The number of rotatable bonds is 7. The minimum atomic E-state index is -0.212. The zero-order valence-corrected chi connectivity index (χ0v) is 17.6. The molecule has 146 valence electrons. The highest BCUT2D eigenvalue weighted by molar-refractivity contribution is 9.10. The first kappa shape index (κ1) is 21.2. The molecule has 0 radical (unpaired) electrons. The molecule has 0 aromatic heterocycles. The van der Waals surface area contributed by atoms with Gasteiger partial charge in [-0.1, -0.05) is 0 Å². The first-order valence-electron chi connectivity index (χ1n) is 9.00. The second-order valence-corrected chi connectivity index (χ2v) is 8.25. The summed E-state index contributed by atoms with van der Waals surface area (Å²) in [5, 5.41) is 0. The fourth-order valence-corrected chi connectivity index (χ4v) is 3.10. The van der Waals surface area contributed by atoms with Crippen LogP contribution < -0.4 is 15.6 Å². The SMILES string of the molecule is Cc1c(C(=O)NNC(C)(C)C)ccc(Br)c1OCCOC1CCCCO1. The van der Waals surface area contributed by atoms with Crippen molar-refractivity contribution in [2.24, 2.45) is 0 Å². The number of carbonyl (C=O) groups is 1. The summed E-state index contributed by atoms with van der Waals surface area (Å²) in [6.45, 7) is 9.40. The Labute approximate surface area is 164 Å². The maximum absolute atomic E-state index is 12.4. The van der Waals surface area contributed by atoms with Crippen molar-refractivity contribution in [1.82, 2.24) is 10.9 Å².